The highest BCUT2D eigenvalue weighted by molar-refractivity contribution is 5.30. The van der Waals surface area contributed by atoms with E-state index in [-0.39, 0.29) is 6.07 Å². The molecular weight excluding hydrogens is 255 g/mol. The zero-order valence-electron chi connectivity index (χ0n) is 8.03. The van der Waals surface area contributed by atoms with Crippen molar-refractivity contribution in [2.75, 3.05) is 0 Å². The molecule has 0 bridgehead atoms. The van der Waals surface area contributed by atoms with Crippen LogP contribution in [0.25, 0.3) is 0 Å². The Bertz CT molecular complexity index is 407. The Morgan fingerprint density at radius 3 is 1.94 bits per heavy atom. The van der Waals surface area contributed by atoms with Gasteiger partial charge in [-0.25, -0.2) is 4.39 Å². The molecule has 0 heterocycles. The lowest BCUT2D eigenvalue weighted by Gasteiger charge is -2.18. The third-order valence-corrected chi connectivity index (χ3v) is 2.01. The quantitative estimate of drug-likeness (QED) is 0.770. The fourth-order valence-corrected chi connectivity index (χ4v) is 1.13. The minimum absolute atomic E-state index is 0.0630. The van der Waals surface area contributed by atoms with Gasteiger partial charge in [-0.1, -0.05) is 0 Å². The molecule has 0 fully saturated rings. The lowest BCUT2D eigenvalue weighted by atomic mass is 10.0. The summed E-state index contributed by atoms with van der Waals surface area (Å²) in [7, 11) is 0. The van der Waals surface area contributed by atoms with E-state index in [1.807, 2.05) is 0 Å². The summed E-state index contributed by atoms with van der Waals surface area (Å²) in [6.07, 6.45) is -9.86. The minimum Gasteiger partial charge on any atom is -0.316 e. The maximum absolute atomic E-state index is 13.0. The molecule has 96 valence electrons. The first-order valence-corrected chi connectivity index (χ1v) is 4.22. The van der Waals surface area contributed by atoms with Gasteiger partial charge >= 0.3 is 12.4 Å². The Hall–Kier alpha value is -1.31. The highest BCUT2D eigenvalue weighted by Gasteiger charge is 2.40. The largest absolute Gasteiger partial charge is 0.416 e. The Kier molecular flexibility index (Phi) is 3.37. The van der Waals surface area contributed by atoms with Crippen molar-refractivity contribution in [1.29, 1.82) is 0 Å². The summed E-state index contributed by atoms with van der Waals surface area (Å²) in [6, 6.07) is -2.07. The normalized spacial score (nSPS) is 14.8. The molecule has 0 aromatic heterocycles. The number of halogens is 7. The molecule has 17 heavy (non-hydrogen) atoms. The molecule has 0 aliphatic carbocycles. The van der Waals surface area contributed by atoms with Gasteiger partial charge in [-0.05, 0) is 18.2 Å². The van der Waals surface area contributed by atoms with Gasteiger partial charge in [0.1, 0.15) is 11.9 Å². The van der Waals surface area contributed by atoms with Crippen LogP contribution in [0.1, 0.15) is 17.2 Å². The highest BCUT2D eigenvalue weighted by Crippen LogP contribution is 2.36. The Balaban J connectivity index is 3.25. The molecular formula is C9H6F7N. The summed E-state index contributed by atoms with van der Waals surface area (Å²) >= 11 is 0. The van der Waals surface area contributed by atoms with Crippen LogP contribution in [-0.2, 0) is 6.18 Å². The van der Waals surface area contributed by atoms with Crippen LogP contribution in [0.5, 0.6) is 0 Å². The predicted octanol–water partition coefficient (Wildman–Crippen LogP) is 3.41. The van der Waals surface area contributed by atoms with E-state index in [0.29, 0.717) is 12.1 Å². The van der Waals surface area contributed by atoms with Crippen LogP contribution in [0.4, 0.5) is 30.7 Å². The van der Waals surface area contributed by atoms with Crippen LogP contribution < -0.4 is 5.73 Å². The topological polar surface area (TPSA) is 26.0 Å². The predicted molar refractivity (Wildman–Crippen MR) is 44.4 cm³/mol. The van der Waals surface area contributed by atoms with E-state index in [0.717, 1.165) is 0 Å². The average molecular weight is 261 g/mol. The van der Waals surface area contributed by atoms with Gasteiger partial charge in [-0.2, -0.15) is 26.3 Å². The molecule has 0 aliphatic rings. The van der Waals surface area contributed by atoms with Gasteiger partial charge in [0.2, 0.25) is 0 Å². The van der Waals surface area contributed by atoms with Crippen LogP contribution in [0.15, 0.2) is 18.2 Å². The van der Waals surface area contributed by atoms with Crippen LogP contribution in [-0.4, -0.2) is 6.18 Å². The van der Waals surface area contributed by atoms with Crippen LogP contribution >= 0.6 is 0 Å². The smallest absolute Gasteiger partial charge is 0.316 e. The van der Waals surface area contributed by atoms with Gasteiger partial charge in [0.15, 0.2) is 0 Å². The number of benzene rings is 1. The summed E-state index contributed by atoms with van der Waals surface area (Å²) in [5, 5.41) is 0. The van der Waals surface area contributed by atoms with E-state index >= 15 is 0 Å². The molecule has 0 saturated carbocycles. The van der Waals surface area contributed by atoms with E-state index in [2.05, 4.69) is 5.73 Å². The molecule has 1 unspecified atom stereocenters. The summed E-state index contributed by atoms with van der Waals surface area (Å²) in [6.45, 7) is 0. The molecule has 8 heteroatoms. The first-order valence-electron chi connectivity index (χ1n) is 4.22. The van der Waals surface area contributed by atoms with Crippen molar-refractivity contribution in [3.63, 3.8) is 0 Å². The second-order valence-corrected chi connectivity index (χ2v) is 3.25. The Labute approximate surface area is 91.0 Å². The van der Waals surface area contributed by atoms with Crippen molar-refractivity contribution < 1.29 is 30.7 Å². The molecule has 1 nitrogen and oxygen atoms in total. The summed E-state index contributed by atoms with van der Waals surface area (Å²) in [5.74, 6) is -1.43. The fourth-order valence-electron chi connectivity index (χ4n) is 1.13. The maximum Gasteiger partial charge on any atom is 0.416 e. The lowest BCUT2D eigenvalue weighted by Crippen LogP contribution is -2.29. The van der Waals surface area contributed by atoms with Gasteiger partial charge in [-0.15, -0.1) is 0 Å². The van der Waals surface area contributed by atoms with E-state index in [1.54, 1.807) is 0 Å². The van der Waals surface area contributed by atoms with Crippen molar-refractivity contribution in [3.05, 3.63) is 35.1 Å². The monoisotopic (exact) mass is 261 g/mol. The molecule has 1 aromatic carbocycles. The van der Waals surface area contributed by atoms with Gasteiger partial charge in [0, 0.05) is 5.56 Å². The first-order chi connectivity index (χ1) is 7.53. The van der Waals surface area contributed by atoms with E-state index in [4.69, 9.17) is 0 Å². The lowest BCUT2D eigenvalue weighted by molar-refractivity contribution is -0.150. The van der Waals surface area contributed by atoms with E-state index in [1.165, 1.54) is 0 Å². The van der Waals surface area contributed by atoms with Crippen molar-refractivity contribution in [3.8, 4) is 0 Å². The van der Waals surface area contributed by atoms with E-state index in [9.17, 15) is 30.7 Å². The molecule has 0 amide bonds. The van der Waals surface area contributed by atoms with Gasteiger partial charge in [-0.3, -0.25) is 0 Å². The highest BCUT2D eigenvalue weighted by atomic mass is 19.4. The number of nitrogens with two attached hydrogens (primary N) is 1. The summed E-state index contributed by atoms with van der Waals surface area (Å²) < 4.78 is 86.1. The molecule has 0 saturated heterocycles. The minimum atomic E-state index is -5.01. The third kappa shape index (κ3) is 3.09. The zero-order valence-corrected chi connectivity index (χ0v) is 8.03. The molecule has 0 spiro atoms. The van der Waals surface area contributed by atoms with Crippen molar-refractivity contribution in [2.45, 2.75) is 18.4 Å². The van der Waals surface area contributed by atoms with Gasteiger partial charge in [0.05, 0.1) is 5.56 Å². The van der Waals surface area contributed by atoms with Crippen molar-refractivity contribution in [2.24, 2.45) is 5.73 Å². The van der Waals surface area contributed by atoms with Crippen molar-refractivity contribution in [1.82, 2.24) is 0 Å². The van der Waals surface area contributed by atoms with Crippen LogP contribution in [0, 0.1) is 5.82 Å². The second-order valence-electron chi connectivity index (χ2n) is 3.25. The number of alkyl halides is 6. The van der Waals surface area contributed by atoms with Crippen LogP contribution in [0.3, 0.4) is 0 Å². The number of rotatable bonds is 1. The van der Waals surface area contributed by atoms with Crippen molar-refractivity contribution >= 4 is 0 Å². The van der Waals surface area contributed by atoms with Gasteiger partial charge < -0.3 is 5.73 Å². The Morgan fingerprint density at radius 2 is 1.53 bits per heavy atom. The average Bonchev–Trinajstić information content (AvgIpc) is 2.14. The zero-order chi connectivity index (χ0) is 13.4. The molecule has 1 aromatic rings. The maximum atomic E-state index is 13.0. The first kappa shape index (κ1) is 13.8. The second kappa shape index (κ2) is 4.17. The molecule has 0 radical (unpaired) electrons. The molecule has 1 rings (SSSR count). The number of hydrogen-bond donors (Lipinski definition) is 1. The summed E-state index contributed by atoms with van der Waals surface area (Å²) in [5.41, 5.74) is 2.04. The summed E-state index contributed by atoms with van der Waals surface area (Å²) in [4.78, 5) is 0. The van der Waals surface area contributed by atoms with Crippen LogP contribution in [0.2, 0.25) is 0 Å². The fraction of sp³-hybridized carbons (Fsp3) is 0.333. The molecule has 2 N–H and O–H groups in total. The molecule has 1 atom stereocenters. The number of hydrogen-bond acceptors (Lipinski definition) is 1. The molecule has 0 aliphatic heterocycles. The van der Waals surface area contributed by atoms with Gasteiger partial charge in [0.25, 0.3) is 0 Å². The SMILES string of the molecule is NC(c1cc(C(F)(F)F)ccc1F)C(F)(F)F. The third-order valence-electron chi connectivity index (χ3n) is 2.01. The van der Waals surface area contributed by atoms with E-state index < -0.39 is 35.3 Å². The Morgan fingerprint density at radius 1 is 1.00 bits per heavy atom. The standard InChI is InChI=1S/C9H6F7N/c10-6-2-1-4(8(11,12)13)3-5(6)7(17)9(14,15)16/h1-3,7H,17H2.